The van der Waals surface area contributed by atoms with Gasteiger partial charge in [0.2, 0.25) is 0 Å². The third kappa shape index (κ3) is 3.29. The standard InChI is InChI=1S/C15H20N2O3/c1-10(2)8-17(9-14(18)19)15(20)12-3-4-13-11(7-12)5-6-16-13/h3-4,7,10,16H,5-6,8-9H2,1-2H3,(H,18,19). The minimum absolute atomic E-state index is 0.212. The van der Waals surface area contributed by atoms with Gasteiger partial charge in [-0.15, -0.1) is 0 Å². The molecule has 1 aromatic carbocycles. The predicted octanol–water partition coefficient (Wildman–Crippen LogP) is 1.84. The van der Waals surface area contributed by atoms with Crippen molar-refractivity contribution in [1.82, 2.24) is 4.90 Å². The number of nitrogens with one attached hydrogen (secondary N) is 1. The van der Waals surface area contributed by atoms with Gasteiger partial charge in [-0.2, -0.15) is 0 Å². The Kier molecular flexibility index (Phi) is 4.27. The highest BCUT2D eigenvalue weighted by Crippen LogP contribution is 2.23. The van der Waals surface area contributed by atoms with Crippen molar-refractivity contribution < 1.29 is 14.7 Å². The number of amides is 1. The maximum Gasteiger partial charge on any atom is 0.323 e. The summed E-state index contributed by atoms with van der Waals surface area (Å²) in [5.74, 6) is -0.966. The fourth-order valence-electron chi connectivity index (χ4n) is 2.44. The van der Waals surface area contributed by atoms with Crippen LogP contribution in [-0.2, 0) is 11.2 Å². The lowest BCUT2D eigenvalue weighted by Crippen LogP contribution is -2.38. The SMILES string of the molecule is CC(C)CN(CC(=O)O)C(=O)c1ccc2c(c1)CCN2. The summed E-state index contributed by atoms with van der Waals surface area (Å²) < 4.78 is 0. The van der Waals surface area contributed by atoms with Gasteiger partial charge >= 0.3 is 5.97 Å². The van der Waals surface area contributed by atoms with Crippen molar-refractivity contribution in [2.75, 3.05) is 25.0 Å². The number of carboxylic acids is 1. The molecule has 1 heterocycles. The number of rotatable bonds is 5. The van der Waals surface area contributed by atoms with Gasteiger partial charge < -0.3 is 15.3 Å². The van der Waals surface area contributed by atoms with Gasteiger partial charge in [0.15, 0.2) is 0 Å². The fourth-order valence-corrected chi connectivity index (χ4v) is 2.44. The monoisotopic (exact) mass is 276 g/mol. The van der Waals surface area contributed by atoms with Gasteiger partial charge in [0, 0.05) is 24.3 Å². The van der Waals surface area contributed by atoms with E-state index in [1.54, 1.807) is 6.07 Å². The van der Waals surface area contributed by atoms with Crippen molar-refractivity contribution in [2.45, 2.75) is 20.3 Å². The second-order valence-corrected chi connectivity index (χ2v) is 5.52. The normalized spacial score (nSPS) is 12.9. The minimum Gasteiger partial charge on any atom is -0.480 e. The van der Waals surface area contributed by atoms with Gasteiger partial charge in [0.05, 0.1) is 0 Å². The van der Waals surface area contributed by atoms with Crippen molar-refractivity contribution in [3.05, 3.63) is 29.3 Å². The van der Waals surface area contributed by atoms with Crippen LogP contribution in [0.15, 0.2) is 18.2 Å². The molecule has 2 N–H and O–H groups in total. The molecule has 0 saturated heterocycles. The first-order valence-corrected chi connectivity index (χ1v) is 6.85. The van der Waals surface area contributed by atoms with E-state index >= 15 is 0 Å². The molecule has 0 unspecified atom stereocenters. The van der Waals surface area contributed by atoms with Crippen LogP contribution in [0.5, 0.6) is 0 Å². The highest BCUT2D eigenvalue weighted by Gasteiger charge is 2.21. The Morgan fingerprint density at radius 3 is 2.80 bits per heavy atom. The van der Waals surface area contributed by atoms with E-state index in [1.807, 2.05) is 26.0 Å². The van der Waals surface area contributed by atoms with E-state index in [-0.39, 0.29) is 18.4 Å². The summed E-state index contributed by atoms with van der Waals surface area (Å²) in [7, 11) is 0. The van der Waals surface area contributed by atoms with Crippen LogP contribution in [0.1, 0.15) is 29.8 Å². The number of carboxylic acid groups (broad SMARTS) is 1. The second kappa shape index (κ2) is 5.94. The topological polar surface area (TPSA) is 69.6 Å². The summed E-state index contributed by atoms with van der Waals surface area (Å²) in [5, 5.41) is 12.2. The highest BCUT2D eigenvalue weighted by atomic mass is 16.4. The summed E-state index contributed by atoms with van der Waals surface area (Å²) in [5.41, 5.74) is 2.75. The molecule has 0 spiro atoms. The van der Waals surface area contributed by atoms with E-state index in [2.05, 4.69) is 5.32 Å². The van der Waals surface area contributed by atoms with Crippen LogP contribution in [0.2, 0.25) is 0 Å². The number of aliphatic carboxylic acids is 1. The summed E-state index contributed by atoms with van der Waals surface area (Å²) in [6, 6.07) is 5.52. The van der Waals surface area contributed by atoms with Gasteiger partial charge in [-0.25, -0.2) is 0 Å². The molecule has 0 radical (unpaired) electrons. The zero-order valence-corrected chi connectivity index (χ0v) is 11.8. The summed E-state index contributed by atoms with van der Waals surface area (Å²) >= 11 is 0. The number of carbonyl (C=O) groups excluding carboxylic acids is 1. The Hall–Kier alpha value is -2.04. The van der Waals surface area contributed by atoms with Gasteiger partial charge in [-0.05, 0) is 36.1 Å². The lowest BCUT2D eigenvalue weighted by molar-refractivity contribution is -0.137. The molecule has 0 atom stereocenters. The first-order valence-electron chi connectivity index (χ1n) is 6.85. The van der Waals surface area contributed by atoms with E-state index in [4.69, 9.17) is 5.11 Å². The number of hydrogen-bond acceptors (Lipinski definition) is 3. The smallest absolute Gasteiger partial charge is 0.323 e. The molecule has 1 aromatic rings. The average Bonchev–Trinajstić information content (AvgIpc) is 2.83. The van der Waals surface area contributed by atoms with E-state index < -0.39 is 5.97 Å². The second-order valence-electron chi connectivity index (χ2n) is 5.52. The van der Waals surface area contributed by atoms with Crippen molar-refractivity contribution in [2.24, 2.45) is 5.92 Å². The van der Waals surface area contributed by atoms with Crippen LogP contribution in [0, 0.1) is 5.92 Å². The summed E-state index contributed by atoms with van der Waals surface area (Å²) in [6.45, 7) is 5.01. The Bertz CT molecular complexity index is 526. The van der Waals surface area contributed by atoms with E-state index in [1.165, 1.54) is 4.90 Å². The fraction of sp³-hybridized carbons (Fsp3) is 0.467. The third-order valence-corrected chi connectivity index (χ3v) is 3.26. The number of hydrogen-bond donors (Lipinski definition) is 2. The quantitative estimate of drug-likeness (QED) is 0.861. The highest BCUT2D eigenvalue weighted by molar-refractivity contribution is 5.96. The molecule has 1 amide bonds. The molecular weight excluding hydrogens is 256 g/mol. The third-order valence-electron chi connectivity index (χ3n) is 3.26. The molecule has 2 rings (SSSR count). The van der Waals surface area contributed by atoms with E-state index in [9.17, 15) is 9.59 Å². The Morgan fingerprint density at radius 2 is 2.15 bits per heavy atom. The number of nitrogens with zero attached hydrogens (tertiary/aromatic N) is 1. The summed E-state index contributed by atoms with van der Waals surface area (Å²) in [6.07, 6.45) is 0.902. The van der Waals surface area contributed by atoms with Crippen LogP contribution in [0.3, 0.4) is 0 Å². The average molecular weight is 276 g/mol. The largest absolute Gasteiger partial charge is 0.480 e. The van der Waals surface area contributed by atoms with Crippen LogP contribution in [0.25, 0.3) is 0 Å². The molecule has 0 aliphatic carbocycles. The Morgan fingerprint density at radius 1 is 1.40 bits per heavy atom. The number of anilines is 1. The molecule has 1 aliphatic rings. The van der Waals surface area contributed by atoms with Crippen LogP contribution >= 0.6 is 0 Å². The van der Waals surface area contributed by atoms with Gasteiger partial charge in [0.1, 0.15) is 6.54 Å². The number of benzene rings is 1. The predicted molar refractivity (Wildman–Crippen MR) is 77.0 cm³/mol. The van der Waals surface area contributed by atoms with Crippen molar-refractivity contribution in [1.29, 1.82) is 0 Å². The number of fused-ring (bicyclic) bond motifs is 1. The Labute approximate surface area is 118 Å². The molecule has 0 saturated carbocycles. The van der Waals surface area contributed by atoms with Crippen LogP contribution in [-0.4, -0.2) is 41.5 Å². The molecule has 0 aromatic heterocycles. The van der Waals surface area contributed by atoms with Gasteiger partial charge in [-0.3, -0.25) is 9.59 Å². The lowest BCUT2D eigenvalue weighted by Gasteiger charge is -2.23. The van der Waals surface area contributed by atoms with Crippen molar-refractivity contribution in [3.8, 4) is 0 Å². The molecule has 5 heteroatoms. The number of carbonyl (C=O) groups is 2. The van der Waals surface area contributed by atoms with E-state index in [0.717, 1.165) is 24.2 Å². The first kappa shape index (κ1) is 14.4. The minimum atomic E-state index is -0.984. The van der Waals surface area contributed by atoms with Crippen molar-refractivity contribution in [3.63, 3.8) is 0 Å². The zero-order valence-electron chi connectivity index (χ0n) is 11.8. The molecular formula is C15H20N2O3. The van der Waals surface area contributed by atoms with Crippen LogP contribution in [0.4, 0.5) is 5.69 Å². The van der Waals surface area contributed by atoms with Gasteiger partial charge in [-0.1, -0.05) is 13.8 Å². The zero-order chi connectivity index (χ0) is 14.7. The summed E-state index contributed by atoms with van der Waals surface area (Å²) in [4.78, 5) is 24.8. The van der Waals surface area contributed by atoms with E-state index in [0.29, 0.717) is 12.1 Å². The van der Waals surface area contributed by atoms with Crippen molar-refractivity contribution >= 4 is 17.6 Å². The maximum atomic E-state index is 12.5. The molecule has 5 nitrogen and oxygen atoms in total. The molecule has 0 fully saturated rings. The van der Waals surface area contributed by atoms with Gasteiger partial charge in [0.25, 0.3) is 5.91 Å². The molecule has 0 bridgehead atoms. The molecule has 20 heavy (non-hydrogen) atoms. The maximum absolute atomic E-state index is 12.5. The Balaban J connectivity index is 2.20. The molecule has 1 aliphatic heterocycles. The molecule has 108 valence electrons. The first-order chi connectivity index (χ1) is 9.47. The van der Waals surface area contributed by atoms with Crippen LogP contribution < -0.4 is 5.32 Å². The lowest BCUT2D eigenvalue weighted by atomic mass is 10.1.